The second-order valence-corrected chi connectivity index (χ2v) is 7.34. The number of halogens is 2. The first-order valence-corrected chi connectivity index (χ1v) is 9.34. The summed E-state index contributed by atoms with van der Waals surface area (Å²) in [5.41, 5.74) is 1.67. The van der Waals surface area contributed by atoms with E-state index in [-0.39, 0.29) is 17.7 Å². The summed E-state index contributed by atoms with van der Waals surface area (Å²) in [4.78, 5) is 16.1. The van der Waals surface area contributed by atoms with Crippen molar-refractivity contribution in [3.63, 3.8) is 0 Å². The first-order valence-electron chi connectivity index (χ1n) is 8.58. The van der Waals surface area contributed by atoms with E-state index < -0.39 is 0 Å². The molecular formula is C19H22Cl2N3O2+. The Balaban J connectivity index is 1.56. The molecule has 1 aliphatic rings. The van der Waals surface area contributed by atoms with E-state index in [1.807, 2.05) is 19.1 Å². The third kappa shape index (κ3) is 4.41. The number of hydrogen-bond acceptors (Lipinski definition) is 3. The molecule has 1 saturated heterocycles. The van der Waals surface area contributed by atoms with E-state index in [1.165, 1.54) is 4.90 Å². The number of amides is 1. The van der Waals surface area contributed by atoms with Crippen molar-refractivity contribution in [2.45, 2.75) is 13.0 Å². The van der Waals surface area contributed by atoms with Crippen molar-refractivity contribution in [2.24, 2.45) is 0 Å². The number of benzene rings is 2. The van der Waals surface area contributed by atoms with Gasteiger partial charge in [-0.3, -0.25) is 4.79 Å². The molecule has 0 radical (unpaired) electrons. The molecule has 0 aliphatic carbocycles. The number of hydrogen-bond donors (Lipinski definition) is 3. The second-order valence-electron chi connectivity index (χ2n) is 6.50. The first kappa shape index (κ1) is 18.8. The highest BCUT2D eigenvalue weighted by atomic mass is 35.5. The molecule has 1 fully saturated rings. The lowest BCUT2D eigenvalue weighted by atomic mass is 10.2. The predicted octanol–water partition coefficient (Wildman–Crippen LogP) is 2.43. The van der Waals surface area contributed by atoms with Gasteiger partial charge in [0.05, 0.1) is 36.9 Å². The molecule has 2 aromatic rings. The molecule has 0 aromatic heterocycles. The Bertz CT molecular complexity index is 775. The summed E-state index contributed by atoms with van der Waals surface area (Å²) in [5.74, 6) is 0.214. The zero-order chi connectivity index (χ0) is 18.7. The average molecular weight is 395 g/mol. The molecule has 5 nitrogen and oxygen atoms in total. The minimum Gasteiger partial charge on any atom is -0.508 e. The van der Waals surface area contributed by atoms with Gasteiger partial charge in [0.2, 0.25) is 0 Å². The molecular weight excluding hydrogens is 373 g/mol. The summed E-state index contributed by atoms with van der Waals surface area (Å²) in [5, 5.41) is 13.3. The third-order valence-corrected chi connectivity index (χ3v) is 5.36. The van der Waals surface area contributed by atoms with E-state index in [0.717, 1.165) is 31.9 Å². The van der Waals surface area contributed by atoms with Crippen LogP contribution in [0.25, 0.3) is 0 Å². The minimum absolute atomic E-state index is 0.0534. The summed E-state index contributed by atoms with van der Waals surface area (Å²) in [6.07, 6.45) is 0. The molecule has 1 atom stereocenters. The number of piperazine rings is 1. The largest absolute Gasteiger partial charge is 0.508 e. The number of phenols is 1. The molecule has 1 amide bonds. The number of nitrogens with one attached hydrogen (secondary N) is 2. The molecule has 1 heterocycles. The fourth-order valence-electron chi connectivity index (χ4n) is 3.17. The van der Waals surface area contributed by atoms with Gasteiger partial charge in [0, 0.05) is 10.7 Å². The van der Waals surface area contributed by atoms with Crippen LogP contribution in [0.2, 0.25) is 10.0 Å². The lowest BCUT2D eigenvalue weighted by Gasteiger charge is -2.36. The van der Waals surface area contributed by atoms with Crippen LogP contribution in [-0.4, -0.2) is 43.2 Å². The van der Waals surface area contributed by atoms with Crippen molar-refractivity contribution in [1.82, 2.24) is 0 Å². The highest BCUT2D eigenvalue weighted by molar-refractivity contribution is 6.36. The van der Waals surface area contributed by atoms with E-state index >= 15 is 0 Å². The maximum atomic E-state index is 12.6. The van der Waals surface area contributed by atoms with Gasteiger partial charge in [0.1, 0.15) is 5.75 Å². The zero-order valence-corrected chi connectivity index (χ0v) is 16.0. The number of phenolic OH excluding ortho intramolecular Hbond substituents is 1. The number of quaternary nitrogens is 1. The number of anilines is 2. The first-order chi connectivity index (χ1) is 12.4. The molecule has 3 rings (SSSR count). The minimum atomic E-state index is -0.177. The molecule has 7 heteroatoms. The second kappa shape index (κ2) is 8.16. The van der Waals surface area contributed by atoms with E-state index in [0.29, 0.717) is 15.7 Å². The number of nitrogens with zero attached hydrogens (tertiary/aromatic N) is 1. The van der Waals surface area contributed by atoms with Crippen LogP contribution >= 0.6 is 23.2 Å². The number of carbonyl (C=O) groups is 1. The summed E-state index contributed by atoms with van der Waals surface area (Å²) in [7, 11) is 0. The summed E-state index contributed by atoms with van der Waals surface area (Å²) >= 11 is 12.0. The van der Waals surface area contributed by atoms with Gasteiger partial charge in [-0.05, 0) is 49.4 Å². The van der Waals surface area contributed by atoms with Crippen molar-refractivity contribution >= 4 is 40.5 Å². The van der Waals surface area contributed by atoms with Crippen LogP contribution in [0.4, 0.5) is 11.4 Å². The topological polar surface area (TPSA) is 57.0 Å². The molecule has 26 heavy (non-hydrogen) atoms. The molecule has 0 unspecified atom stereocenters. The highest BCUT2D eigenvalue weighted by Gasteiger charge is 2.29. The van der Waals surface area contributed by atoms with E-state index in [2.05, 4.69) is 10.2 Å². The monoisotopic (exact) mass is 394 g/mol. The zero-order valence-electron chi connectivity index (χ0n) is 14.5. The smallest absolute Gasteiger partial charge is 0.282 e. The van der Waals surface area contributed by atoms with Gasteiger partial charge in [-0.2, -0.15) is 0 Å². The van der Waals surface area contributed by atoms with Gasteiger partial charge in [-0.15, -0.1) is 0 Å². The molecule has 3 N–H and O–H groups in total. The normalized spacial score (nSPS) is 16.3. The van der Waals surface area contributed by atoms with Gasteiger partial charge >= 0.3 is 0 Å². The quantitative estimate of drug-likeness (QED) is 0.746. The summed E-state index contributed by atoms with van der Waals surface area (Å²) in [6.45, 7) is 5.39. The molecule has 0 spiro atoms. The van der Waals surface area contributed by atoms with Crippen LogP contribution in [0.15, 0.2) is 42.5 Å². The fourth-order valence-corrected chi connectivity index (χ4v) is 3.62. The van der Waals surface area contributed by atoms with Crippen molar-refractivity contribution in [1.29, 1.82) is 0 Å². The maximum Gasteiger partial charge on any atom is 0.282 e. The number of aromatic hydroxyl groups is 1. The molecule has 0 bridgehead atoms. The van der Waals surface area contributed by atoms with Crippen LogP contribution in [0.1, 0.15) is 6.92 Å². The Hall–Kier alpha value is -1.95. The van der Waals surface area contributed by atoms with E-state index in [4.69, 9.17) is 23.2 Å². The van der Waals surface area contributed by atoms with Gasteiger partial charge in [-0.25, -0.2) is 0 Å². The Morgan fingerprint density at radius 2 is 1.81 bits per heavy atom. The van der Waals surface area contributed by atoms with Crippen LogP contribution in [0, 0.1) is 0 Å². The van der Waals surface area contributed by atoms with Gasteiger partial charge in [-0.1, -0.05) is 23.2 Å². The van der Waals surface area contributed by atoms with Crippen molar-refractivity contribution in [2.75, 3.05) is 36.4 Å². The van der Waals surface area contributed by atoms with Gasteiger partial charge in [0.15, 0.2) is 6.04 Å². The van der Waals surface area contributed by atoms with E-state index in [9.17, 15) is 9.90 Å². The Kier molecular flexibility index (Phi) is 5.91. The van der Waals surface area contributed by atoms with Gasteiger partial charge < -0.3 is 20.2 Å². The van der Waals surface area contributed by atoms with Crippen molar-refractivity contribution in [3.8, 4) is 5.75 Å². The maximum absolute atomic E-state index is 12.6. The number of rotatable bonds is 4. The predicted molar refractivity (Wildman–Crippen MR) is 106 cm³/mol. The van der Waals surface area contributed by atoms with Crippen molar-refractivity contribution in [3.05, 3.63) is 52.5 Å². The van der Waals surface area contributed by atoms with Crippen LogP contribution in [-0.2, 0) is 4.79 Å². The molecule has 0 saturated carbocycles. The molecule has 1 aliphatic heterocycles. The SMILES string of the molecule is C[C@H](C(=O)Nc1ccc(Cl)cc1Cl)[NH+]1CCN(c2ccc(O)cc2)CC1. The average Bonchev–Trinajstić information content (AvgIpc) is 2.64. The lowest BCUT2D eigenvalue weighted by Crippen LogP contribution is -3.19. The Morgan fingerprint density at radius 1 is 1.15 bits per heavy atom. The Labute approximate surface area is 163 Å². The summed E-state index contributed by atoms with van der Waals surface area (Å²) in [6, 6.07) is 12.1. The van der Waals surface area contributed by atoms with Crippen LogP contribution < -0.4 is 15.1 Å². The van der Waals surface area contributed by atoms with Crippen molar-refractivity contribution < 1.29 is 14.8 Å². The van der Waals surface area contributed by atoms with Crippen LogP contribution in [0.5, 0.6) is 5.75 Å². The van der Waals surface area contributed by atoms with Gasteiger partial charge in [0.25, 0.3) is 5.91 Å². The summed E-state index contributed by atoms with van der Waals surface area (Å²) < 4.78 is 0. The van der Waals surface area contributed by atoms with Crippen LogP contribution in [0.3, 0.4) is 0 Å². The fraction of sp³-hybridized carbons (Fsp3) is 0.316. The lowest BCUT2D eigenvalue weighted by molar-refractivity contribution is -0.914. The van der Waals surface area contributed by atoms with E-state index in [1.54, 1.807) is 30.3 Å². The number of carbonyl (C=O) groups excluding carboxylic acids is 1. The molecule has 2 aromatic carbocycles. The Morgan fingerprint density at radius 3 is 2.42 bits per heavy atom. The molecule has 138 valence electrons. The highest BCUT2D eigenvalue weighted by Crippen LogP contribution is 2.25. The standard InChI is InChI=1S/C19H21Cl2N3O2/c1-13(19(26)22-18-7-2-14(20)12-17(18)21)23-8-10-24(11-9-23)15-3-5-16(25)6-4-15/h2-7,12-13,25H,8-11H2,1H3,(H,22,26)/p+1/t13-/m1/s1. The third-order valence-electron chi connectivity index (χ3n) is 4.82.